The third-order valence-electron chi connectivity index (χ3n) is 3.06. The molecule has 1 amide bonds. The SMILES string of the molecule is Nc1cc(C(=O)Nc2cnccc2Cl)n(C2CC2)c1. The molecule has 19 heavy (non-hydrogen) atoms. The summed E-state index contributed by atoms with van der Waals surface area (Å²) in [6, 6.07) is 3.70. The van der Waals surface area contributed by atoms with Gasteiger partial charge in [0.05, 0.1) is 22.6 Å². The lowest BCUT2D eigenvalue weighted by atomic mass is 10.3. The van der Waals surface area contributed by atoms with Gasteiger partial charge in [-0.3, -0.25) is 9.78 Å². The molecule has 0 atom stereocenters. The van der Waals surface area contributed by atoms with E-state index in [0.29, 0.717) is 28.1 Å². The number of rotatable bonds is 3. The number of nitrogens with two attached hydrogens (primary N) is 1. The van der Waals surface area contributed by atoms with Crippen molar-refractivity contribution in [3.63, 3.8) is 0 Å². The Labute approximate surface area is 115 Å². The Bertz CT molecular complexity index is 633. The summed E-state index contributed by atoms with van der Waals surface area (Å²) in [5.74, 6) is -0.224. The number of nitrogens with one attached hydrogen (secondary N) is 1. The number of carbonyl (C=O) groups is 1. The predicted molar refractivity (Wildman–Crippen MR) is 74.3 cm³/mol. The molecule has 1 saturated carbocycles. The molecule has 6 heteroatoms. The first-order chi connectivity index (χ1) is 9.15. The molecule has 0 spiro atoms. The number of aromatic nitrogens is 2. The number of hydrogen-bond donors (Lipinski definition) is 2. The molecule has 0 saturated heterocycles. The Hall–Kier alpha value is -2.01. The van der Waals surface area contributed by atoms with Crippen molar-refractivity contribution < 1.29 is 4.79 Å². The Morgan fingerprint density at radius 2 is 2.32 bits per heavy atom. The van der Waals surface area contributed by atoms with Gasteiger partial charge in [-0.05, 0) is 25.0 Å². The number of hydrogen-bond acceptors (Lipinski definition) is 3. The maximum atomic E-state index is 12.3. The number of nitrogen functional groups attached to an aromatic ring is 1. The lowest BCUT2D eigenvalue weighted by Crippen LogP contribution is -2.16. The van der Waals surface area contributed by atoms with Crippen LogP contribution in [0.1, 0.15) is 29.4 Å². The largest absolute Gasteiger partial charge is 0.397 e. The quantitative estimate of drug-likeness (QED) is 0.905. The number of amides is 1. The zero-order valence-corrected chi connectivity index (χ0v) is 10.9. The van der Waals surface area contributed by atoms with Crippen molar-refractivity contribution in [2.45, 2.75) is 18.9 Å². The standard InChI is InChI=1S/C13H13ClN4O/c14-10-3-4-16-6-11(10)17-13(19)12-5-8(15)7-18(12)9-1-2-9/h3-7,9H,1-2,15H2,(H,17,19). The van der Waals surface area contributed by atoms with E-state index in [1.807, 2.05) is 4.57 Å². The molecule has 98 valence electrons. The molecule has 2 aromatic heterocycles. The highest BCUT2D eigenvalue weighted by Crippen LogP contribution is 2.37. The van der Waals surface area contributed by atoms with Crippen molar-refractivity contribution >= 4 is 28.9 Å². The number of nitrogens with zero attached hydrogens (tertiary/aromatic N) is 2. The molecule has 5 nitrogen and oxygen atoms in total. The molecule has 3 rings (SSSR count). The molecule has 1 aliphatic rings. The number of anilines is 2. The lowest BCUT2D eigenvalue weighted by Gasteiger charge is -2.09. The highest BCUT2D eigenvalue weighted by molar-refractivity contribution is 6.33. The summed E-state index contributed by atoms with van der Waals surface area (Å²) in [6.45, 7) is 0. The maximum Gasteiger partial charge on any atom is 0.272 e. The molecule has 0 unspecified atom stereocenters. The van der Waals surface area contributed by atoms with E-state index >= 15 is 0 Å². The minimum atomic E-state index is -0.224. The van der Waals surface area contributed by atoms with Crippen LogP contribution in [0.5, 0.6) is 0 Å². The van der Waals surface area contributed by atoms with Gasteiger partial charge in [-0.15, -0.1) is 0 Å². The van der Waals surface area contributed by atoms with Crippen LogP contribution in [0, 0.1) is 0 Å². The van der Waals surface area contributed by atoms with Crippen LogP contribution in [0.2, 0.25) is 5.02 Å². The third kappa shape index (κ3) is 2.42. The highest BCUT2D eigenvalue weighted by atomic mass is 35.5. The Morgan fingerprint density at radius 3 is 3.00 bits per heavy atom. The van der Waals surface area contributed by atoms with E-state index in [-0.39, 0.29) is 5.91 Å². The van der Waals surface area contributed by atoms with Gasteiger partial charge in [-0.2, -0.15) is 0 Å². The highest BCUT2D eigenvalue weighted by Gasteiger charge is 2.27. The van der Waals surface area contributed by atoms with Gasteiger partial charge in [-0.1, -0.05) is 11.6 Å². The fraction of sp³-hybridized carbons (Fsp3) is 0.231. The predicted octanol–water partition coefficient (Wildman–Crippen LogP) is 2.71. The van der Waals surface area contributed by atoms with E-state index in [2.05, 4.69) is 10.3 Å². The molecule has 3 N–H and O–H groups in total. The third-order valence-corrected chi connectivity index (χ3v) is 3.39. The maximum absolute atomic E-state index is 12.3. The van der Waals surface area contributed by atoms with E-state index in [4.69, 9.17) is 17.3 Å². The van der Waals surface area contributed by atoms with Crippen LogP contribution < -0.4 is 11.1 Å². The molecule has 0 radical (unpaired) electrons. The monoisotopic (exact) mass is 276 g/mol. The fourth-order valence-electron chi connectivity index (χ4n) is 1.99. The molecule has 2 heterocycles. The Morgan fingerprint density at radius 1 is 1.53 bits per heavy atom. The average molecular weight is 277 g/mol. The second-order valence-corrected chi connectivity index (χ2v) is 5.01. The molecule has 0 bridgehead atoms. The van der Waals surface area contributed by atoms with E-state index in [9.17, 15) is 4.79 Å². The topological polar surface area (TPSA) is 72.9 Å². The zero-order chi connectivity index (χ0) is 13.4. The minimum Gasteiger partial charge on any atom is -0.397 e. The summed E-state index contributed by atoms with van der Waals surface area (Å²) in [7, 11) is 0. The van der Waals surface area contributed by atoms with Crippen LogP contribution in [0.15, 0.2) is 30.7 Å². The molecular weight excluding hydrogens is 264 g/mol. The van der Waals surface area contributed by atoms with Gasteiger partial charge in [0.25, 0.3) is 5.91 Å². The van der Waals surface area contributed by atoms with E-state index in [1.165, 1.54) is 6.20 Å². The van der Waals surface area contributed by atoms with Crippen molar-refractivity contribution in [1.29, 1.82) is 0 Å². The summed E-state index contributed by atoms with van der Waals surface area (Å²) in [5, 5.41) is 3.21. The van der Waals surface area contributed by atoms with Gasteiger partial charge in [0.1, 0.15) is 5.69 Å². The first-order valence-electron chi connectivity index (χ1n) is 6.03. The molecular formula is C13H13ClN4O. The van der Waals surface area contributed by atoms with Crippen molar-refractivity contribution in [3.8, 4) is 0 Å². The van der Waals surface area contributed by atoms with Crippen LogP contribution in [-0.2, 0) is 0 Å². The van der Waals surface area contributed by atoms with Crippen LogP contribution >= 0.6 is 11.6 Å². The molecule has 2 aromatic rings. The van der Waals surface area contributed by atoms with E-state index in [1.54, 1.807) is 24.5 Å². The van der Waals surface area contributed by atoms with Gasteiger partial charge < -0.3 is 15.6 Å². The summed E-state index contributed by atoms with van der Waals surface area (Å²) >= 11 is 5.99. The number of carbonyl (C=O) groups excluding carboxylic acids is 1. The molecule has 0 aromatic carbocycles. The van der Waals surface area contributed by atoms with Crippen molar-refractivity contribution in [1.82, 2.24) is 9.55 Å². The van der Waals surface area contributed by atoms with Gasteiger partial charge in [0.15, 0.2) is 0 Å². The van der Waals surface area contributed by atoms with Crippen LogP contribution in [0.4, 0.5) is 11.4 Å². The summed E-state index contributed by atoms with van der Waals surface area (Å²) < 4.78 is 1.93. The van der Waals surface area contributed by atoms with Gasteiger partial charge in [-0.25, -0.2) is 0 Å². The van der Waals surface area contributed by atoms with Gasteiger partial charge >= 0.3 is 0 Å². The summed E-state index contributed by atoms with van der Waals surface area (Å²) in [6.07, 6.45) is 7.07. The number of halogens is 1. The average Bonchev–Trinajstić information content (AvgIpc) is 3.15. The second-order valence-electron chi connectivity index (χ2n) is 4.61. The normalized spacial score (nSPS) is 14.4. The van der Waals surface area contributed by atoms with Crippen molar-refractivity contribution in [3.05, 3.63) is 41.4 Å². The molecule has 1 aliphatic carbocycles. The lowest BCUT2D eigenvalue weighted by molar-refractivity contribution is 0.101. The zero-order valence-electron chi connectivity index (χ0n) is 10.1. The van der Waals surface area contributed by atoms with Crippen LogP contribution in [0.25, 0.3) is 0 Å². The van der Waals surface area contributed by atoms with Crippen molar-refractivity contribution in [2.75, 3.05) is 11.1 Å². The van der Waals surface area contributed by atoms with Crippen LogP contribution in [-0.4, -0.2) is 15.5 Å². The first-order valence-corrected chi connectivity index (χ1v) is 6.41. The molecule has 0 aliphatic heterocycles. The Kier molecular flexibility index (Phi) is 2.91. The van der Waals surface area contributed by atoms with Crippen LogP contribution in [0.3, 0.4) is 0 Å². The summed E-state index contributed by atoms with van der Waals surface area (Å²) in [5.41, 5.74) is 7.41. The van der Waals surface area contributed by atoms with E-state index in [0.717, 1.165) is 12.8 Å². The second kappa shape index (κ2) is 4.59. The van der Waals surface area contributed by atoms with E-state index < -0.39 is 0 Å². The summed E-state index contributed by atoms with van der Waals surface area (Å²) in [4.78, 5) is 16.2. The fourth-order valence-corrected chi connectivity index (χ4v) is 2.15. The number of pyridine rings is 1. The Balaban J connectivity index is 1.86. The minimum absolute atomic E-state index is 0.224. The van der Waals surface area contributed by atoms with Gasteiger partial charge in [0, 0.05) is 18.4 Å². The van der Waals surface area contributed by atoms with Crippen molar-refractivity contribution in [2.24, 2.45) is 0 Å². The first kappa shape index (κ1) is 12.0. The molecule has 1 fully saturated rings. The smallest absolute Gasteiger partial charge is 0.272 e. The van der Waals surface area contributed by atoms with Gasteiger partial charge in [0.2, 0.25) is 0 Å².